The topological polar surface area (TPSA) is 9.23 Å². The van der Waals surface area contributed by atoms with Gasteiger partial charge in [-0.25, -0.2) is 13.2 Å². The number of alkyl halides is 2. The van der Waals surface area contributed by atoms with Crippen LogP contribution in [0.25, 0.3) is 11.1 Å². The van der Waals surface area contributed by atoms with Crippen LogP contribution < -0.4 is 4.74 Å². The Hall–Kier alpha value is -3.01. The summed E-state index contributed by atoms with van der Waals surface area (Å²) in [5, 5.41) is 0. The molecule has 0 bridgehead atoms. The number of allylic oxidation sites excluding steroid dienone is 8. The third kappa shape index (κ3) is 4.74. The second-order valence-electron chi connectivity index (χ2n) is 8.43. The maximum absolute atomic E-state index is 14.8. The summed E-state index contributed by atoms with van der Waals surface area (Å²) in [6.07, 6.45) is 7.99. The maximum Gasteiger partial charge on any atom is 0.161 e. The van der Waals surface area contributed by atoms with Crippen LogP contribution in [0.5, 0.6) is 5.75 Å². The SMILES string of the molecule is COc1ccc(C2=CCC(/C=C/C3=CC=C(c4ccc(C)cc4)C(F)C3F)CC2)c(F)c1. The molecule has 32 heavy (non-hydrogen) atoms. The standard InChI is InChI=1S/C28H27F3O/c1-18-3-8-21(9-4-18)25-15-13-22(27(30)28(25)31)12-7-19-5-10-20(11-6-19)24-16-14-23(32-2)17-26(24)29/h3-4,7-10,12-17,19,27-28H,5-6,11H2,1-2H3/b12-7+. The van der Waals surface area contributed by atoms with Gasteiger partial charge >= 0.3 is 0 Å². The van der Waals surface area contributed by atoms with E-state index in [-0.39, 0.29) is 11.7 Å². The molecule has 3 unspecified atom stereocenters. The number of halogens is 3. The summed E-state index contributed by atoms with van der Waals surface area (Å²) in [6.45, 7) is 1.96. The smallest absolute Gasteiger partial charge is 0.161 e. The number of hydrogen-bond acceptors (Lipinski definition) is 1. The molecule has 2 aromatic rings. The summed E-state index contributed by atoms with van der Waals surface area (Å²) in [5.41, 5.74) is 4.09. The number of ether oxygens (including phenoxy) is 1. The molecule has 0 fully saturated rings. The average Bonchev–Trinajstić information content (AvgIpc) is 2.81. The minimum atomic E-state index is -1.68. The van der Waals surface area contributed by atoms with E-state index in [2.05, 4.69) is 0 Å². The van der Waals surface area contributed by atoms with Gasteiger partial charge in [-0.15, -0.1) is 0 Å². The van der Waals surface area contributed by atoms with Crippen molar-refractivity contribution < 1.29 is 17.9 Å². The van der Waals surface area contributed by atoms with Gasteiger partial charge in [-0.1, -0.05) is 60.2 Å². The highest BCUT2D eigenvalue weighted by atomic mass is 19.2. The predicted octanol–water partition coefficient (Wildman–Crippen LogP) is 7.58. The zero-order valence-electron chi connectivity index (χ0n) is 18.3. The van der Waals surface area contributed by atoms with Crippen molar-refractivity contribution in [2.75, 3.05) is 7.11 Å². The van der Waals surface area contributed by atoms with E-state index in [1.54, 1.807) is 30.4 Å². The van der Waals surface area contributed by atoms with Crippen molar-refractivity contribution in [3.8, 4) is 5.75 Å². The van der Waals surface area contributed by atoms with Crippen molar-refractivity contribution in [3.05, 3.63) is 101 Å². The third-order valence-corrected chi connectivity index (χ3v) is 6.25. The van der Waals surface area contributed by atoms with Gasteiger partial charge in [0.15, 0.2) is 12.3 Å². The largest absolute Gasteiger partial charge is 0.497 e. The van der Waals surface area contributed by atoms with Crippen LogP contribution in [0, 0.1) is 18.7 Å². The Morgan fingerprint density at radius 1 is 1.00 bits per heavy atom. The van der Waals surface area contributed by atoms with Gasteiger partial charge in [0.25, 0.3) is 0 Å². The van der Waals surface area contributed by atoms with Gasteiger partial charge in [0.1, 0.15) is 11.6 Å². The molecule has 4 heteroatoms. The Morgan fingerprint density at radius 2 is 1.78 bits per heavy atom. The molecule has 2 aromatic carbocycles. The van der Waals surface area contributed by atoms with E-state index >= 15 is 0 Å². The van der Waals surface area contributed by atoms with Gasteiger partial charge in [-0.2, -0.15) is 0 Å². The van der Waals surface area contributed by atoms with Gasteiger partial charge in [0.05, 0.1) is 7.11 Å². The Morgan fingerprint density at radius 3 is 2.44 bits per heavy atom. The zero-order chi connectivity index (χ0) is 22.7. The first kappa shape index (κ1) is 22.2. The second-order valence-corrected chi connectivity index (χ2v) is 8.43. The molecule has 3 atom stereocenters. The first-order chi connectivity index (χ1) is 15.5. The van der Waals surface area contributed by atoms with E-state index in [0.717, 1.165) is 30.4 Å². The van der Waals surface area contributed by atoms with Crippen molar-refractivity contribution in [2.24, 2.45) is 5.92 Å². The summed E-state index contributed by atoms with van der Waals surface area (Å²) in [6, 6.07) is 12.4. The lowest BCUT2D eigenvalue weighted by molar-refractivity contribution is 0.245. The average molecular weight is 437 g/mol. The monoisotopic (exact) mass is 436 g/mol. The van der Waals surface area contributed by atoms with Crippen molar-refractivity contribution >= 4 is 11.1 Å². The van der Waals surface area contributed by atoms with Crippen LogP contribution in [-0.2, 0) is 0 Å². The van der Waals surface area contributed by atoms with Crippen LogP contribution in [0.3, 0.4) is 0 Å². The van der Waals surface area contributed by atoms with E-state index in [1.807, 2.05) is 43.3 Å². The van der Waals surface area contributed by atoms with Gasteiger partial charge in [-0.3, -0.25) is 0 Å². The maximum atomic E-state index is 14.8. The fourth-order valence-corrected chi connectivity index (χ4v) is 4.25. The fourth-order valence-electron chi connectivity index (χ4n) is 4.25. The predicted molar refractivity (Wildman–Crippen MR) is 124 cm³/mol. The number of benzene rings is 2. The lowest BCUT2D eigenvalue weighted by Crippen LogP contribution is -2.23. The Balaban J connectivity index is 1.44. The fraction of sp³-hybridized carbons (Fsp3) is 0.286. The highest BCUT2D eigenvalue weighted by Crippen LogP contribution is 2.35. The second kappa shape index (κ2) is 9.64. The first-order valence-electron chi connectivity index (χ1n) is 10.9. The highest BCUT2D eigenvalue weighted by Gasteiger charge is 2.30. The lowest BCUT2D eigenvalue weighted by Gasteiger charge is -2.23. The van der Waals surface area contributed by atoms with E-state index in [9.17, 15) is 13.2 Å². The van der Waals surface area contributed by atoms with Crippen LogP contribution in [0.4, 0.5) is 13.2 Å². The van der Waals surface area contributed by atoms with Gasteiger partial charge in [-0.05, 0) is 66.5 Å². The van der Waals surface area contributed by atoms with Crippen LogP contribution >= 0.6 is 0 Å². The zero-order valence-corrected chi connectivity index (χ0v) is 18.3. The Labute approximate surface area is 187 Å². The van der Waals surface area contributed by atoms with Crippen LogP contribution in [0.1, 0.15) is 36.0 Å². The number of rotatable bonds is 5. The Bertz CT molecular complexity index is 1090. The Kier molecular flexibility index (Phi) is 6.69. The lowest BCUT2D eigenvalue weighted by atomic mass is 9.85. The molecule has 2 aliphatic carbocycles. The molecule has 0 heterocycles. The minimum absolute atomic E-state index is 0.216. The molecule has 0 spiro atoms. The molecule has 0 saturated carbocycles. The van der Waals surface area contributed by atoms with E-state index in [0.29, 0.717) is 28.0 Å². The van der Waals surface area contributed by atoms with E-state index in [1.165, 1.54) is 13.2 Å². The van der Waals surface area contributed by atoms with Crippen molar-refractivity contribution in [2.45, 2.75) is 38.5 Å². The van der Waals surface area contributed by atoms with Crippen LogP contribution in [0.15, 0.2) is 78.4 Å². The number of methoxy groups -OCH3 is 1. The van der Waals surface area contributed by atoms with E-state index < -0.39 is 12.3 Å². The summed E-state index contributed by atoms with van der Waals surface area (Å²) in [4.78, 5) is 0. The summed E-state index contributed by atoms with van der Waals surface area (Å²) in [7, 11) is 1.51. The van der Waals surface area contributed by atoms with Crippen LogP contribution in [-0.4, -0.2) is 19.5 Å². The molecule has 1 nitrogen and oxygen atoms in total. The summed E-state index contributed by atoms with van der Waals surface area (Å²) >= 11 is 0. The molecular formula is C28H27F3O. The molecule has 0 saturated heterocycles. The van der Waals surface area contributed by atoms with Gasteiger partial charge < -0.3 is 4.74 Å². The van der Waals surface area contributed by atoms with Gasteiger partial charge in [0.2, 0.25) is 0 Å². The summed E-state index contributed by atoms with van der Waals surface area (Å²) in [5.74, 6) is 0.423. The number of aryl methyl sites for hydroxylation is 1. The molecule has 4 rings (SSSR count). The minimum Gasteiger partial charge on any atom is -0.497 e. The molecular weight excluding hydrogens is 409 g/mol. The summed E-state index contributed by atoms with van der Waals surface area (Å²) < 4.78 is 49.0. The normalized spacial score (nSPS) is 23.5. The van der Waals surface area contributed by atoms with Crippen molar-refractivity contribution in [1.29, 1.82) is 0 Å². The highest BCUT2D eigenvalue weighted by molar-refractivity contribution is 5.74. The van der Waals surface area contributed by atoms with Crippen molar-refractivity contribution in [3.63, 3.8) is 0 Å². The van der Waals surface area contributed by atoms with Crippen molar-refractivity contribution in [1.82, 2.24) is 0 Å². The molecule has 0 aliphatic heterocycles. The van der Waals surface area contributed by atoms with Gasteiger partial charge in [0, 0.05) is 11.6 Å². The van der Waals surface area contributed by atoms with E-state index in [4.69, 9.17) is 4.74 Å². The molecule has 2 aliphatic rings. The molecule has 0 amide bonds. The molecule has 0 N–H and O–H groups in total. The molecule has 0 aromatic heterocycles. The number of hydrogen-bond donors (Lipinski definition) is 0. The first-order valence-corrected chi connectivity index (χ1v) is 10.9. The molecule has 0 radical (unpaired) electrons. The quantitative estimate of drug-likeness (QED) is 0.469. The molecule has 166 valence electrons. The van der Waals surface area contributed by atoms with Crippen LogP contribution in [0.2, 0.25) is 0 Å². The third-order valence-electron chi connectivity index (χ3n) is 6.25.